The Hall–Kier alpha value is -2.84. The summed E-state index contributed by atoms with van der Waals surface area (Å²) in [6.07, 6.45) is 0. The Morgan fingerprint density at radius 1 is 1.18 bits per heavy atom. The molecule has 0 radical (unpaired) electrons. The predicted molar refractivity (Wildman–Crippen MR) is 111 cm³/mol. The van der Waals surface area contributed by atoms with Gasteiger partial charge in [0.05, 0.1) is 11.4 Å². The van der Waals surface area contributed by atoms with Gasteiger partial charge in [0, 0.05) is 27.0 Å². The van der Waals surface area contributed by atoms with Crippen molar-refractivity contribution in [3.8, 4) is 16.4 Å². The van der Waals surface area contributed by atoms with E-state index in [1.807, 2.05) is 18.4 Å². The van der Waals surface area contributed by atoms with Crippen LogP contribution in [0.3, 0.4) is 0 Å². The van der Waals surface area contributed by atoms with Crippen LogP contribution in [0, 0.1) is 12.7 Å². The number of nitrogens with one attached hydrogen (secondary N) is 1. The second-order valence-corrected chi connectivity index (χ2v) is 7.82. The molecule has 1 amide bonds. The summed E-state index contributed by atoms with van der Waals surface area (Å²) in [5, 5.41) is 9.82. The van der Waals surface area contributed by atoms with Gasteiger partial charge in [0.1, 0.15) is 11.6 Å². The number of halogens is 2. The van der Waals surface area contributed by atoms with Crippen molar-refractivity contribution in [2.75, 3.05) is 5.32 Å². The molecular formula is C20H14BrFN4OS. The third kappa shape index (κ3) is 3.88. The highest BCUT2D eigenvalue weighted by atomic mass is 79.9. The molecule has 2 aromatic heterocycles. The first kappa shape index (κ1) is 18.5. The molecule has 4 aromatic rings. The van der Waals surface area contributed by atoms with E-state index < -0.39 is 0 Å². The van der Waals surface area contributed by atoms with Gasteiger partial charge in [-0.2, -0.15) is 9.78 Å². The lowest BCUT2D eigenvalue weighted by Gasteiger charge is -2.07. The van der Waals surface area contributed by atoms with Crippen molar-refractivity contribution in [1.29, 1.82) is 0 Å². The van der Waals surface area contributed by atoms with Crippen LogP contribution in [0.2, 0.25) is 0 Å². The van der Waals surface area contributed by atoms with Gasteiger partial charge in [0.25, 0.3) is 5.91 Å². The topological polar surface area (TPSA) is 59.8 Å². The van der Waals surface area contributed by atoms with E-state index in [4.69, 9.17) is 0 Å². The summed E-state index contributed by atoms with van der Waals surface area (Å²) < 4.78 is 15.6. The Morgan fingerprint density at radius 2 is 1.96 bits per heavy atom. The summed E-state index contributed by atoms with van der Waals surface area (Å²) in [5.41, 5.74) is 2.82. The van der Waals surface area contributed by atoms with E-state index in [2.05, 4.69) is 31.3 Å². The smallest absolute Gasteiger partial charge is 0.256 e. The summed E-state index contributed by atoms with van der Waals surface area (Å²) >= 11 is 4.76. The number of thiazole rings is 1. The van der Waals surface area contributed by atoms with Crippen LogP contribution in [0.1, 0.15) is 16.1 Å². The average molecular weight is 457 g/mol. The van der Waals surface area contributed by atoms with Crippen LogP contribution in [-0.2, 0) is 0 Å². The first-order chi connectivity index (χ1) is 13.5. The zero-order valence-corrected chi connectivity index (χ0v) is 17.1. The van der Waals surface area contributed by atoms with E-state index in [0.29, 0.717) is 16.5 Å². The molecule has 0 saturated heterocycles. The number of hydrogen-bond donors (Lipinski definition) is 1. The van der Waals surface area contributed by atoms with E-state index in [0.717, 1.165) is 21.4 Å². The molecule has 0 fully saturated rings. The molecule has 4 rings (SSSR count). The molecule has 140 valence electrons. The van der Waals surface area contributed by atoms with E-state index in [1.165, 1.54) is 23.5 Å². The molecule has 0 bridgehead atoms. The second kappa shape index (κ2) is 7.65. The molecule has 5 nitrogen and oxygen atoms in total. The third-order valence-electron chi connectivity index (χ3n) is 3.97. The summed E-state index contributed by atoms with van der Waals surface area (Å²) in [6, 6.07) is 15.1. The number of nitrogens with zero attached hydrogens (tertiary/aromatic N) is 3. The molecule has 0 aliphatic heterocycles. The Balaban J connectivity index is 1.63. The van der Waals surface area contributed by atoms with Crippen molar-refractivity contribution in [2.24, 2.45) is 0 Å². The highest BCUT2D eigenvalue weighted by Gasteiger charge is 2.15. The standard InChI is InChI=1S/C20H14BrFN4OS/c1-12-9-18(24-19(27)14-3-2-4-15(21)10-14)26(25-12)20-23-17(11-28-20)13-5-7-16(22)8-6-13/h2-11H,1H3,(H,24,27). The number of carbonyl (C=O) groups is 1. The molecule has 2 heterocycles. The Morgan fingerprint density at radius 3 is 2.71 bits per heavy atom. The number of carbonyl (C=O) groups excluding carboxylic acids is 1. The maximum atomic E-state index is 13.1. The molecule has 28 heavy (non-hydrogen) atoms. The summed E-state index contributed by atoms with van der Waals surface area (Å²) in [7, 11) is 0. The van der Waals surface area contributed by atoms with Gasteiger partial charge in [0.15, 0.2) is 0 Å². The lowest BCUT2D eigenvalue weighted by molar-refractivity contribution is 0.102. The fraction of sp³-hybridized carbons (Fsp3) is 0.0500. The van der Waals surface area contributed by atoms with Crippen molar-refractivity contribution in [2.45, 2.75) is 6.92 Å². The van der Waals surface area contributed by atoms with Crippen LogP contribution >= 0.6 is 27.3 Å². The van der Waals surface area contributed by atoms with Gasteiger partial charge >= 0.3 is 0 Å². The molecule has 0 saturated carbocycles. The van der Waals surface area contributed by atoms with E-state index in [9.17, 15) is 9.18 Å². The van der Waals surface area contributed by atoms with Gasteiger partial charge in [0.2, 0.25) is 5.13 Å². The normalized spacial score (nSPS) is 10.8. The van der Waals surface area contributed by atoms with Gasteiger partial charge < -0.3 is 5.32 Å². The summed E-state index contributed by atoms with van der Waals surface area (Å²) in [5.74, 6) is -0.000280. The van der Waals surface area contributed by atoms with Crippen molar-refractivity contribution < 1.29 is 9.18 Å². The number of benzene rings is 2. The van der Waals surface area contributed by atoms with Crippen LogP contribution in [0.4, 0.5) is 10.2 Å². The molecule has 2 aromatic carbocycles. The first-order valence-electron chi connectivity index (χ1n) is 8.35. The fourth-order valence-electron chi connectivity index (χ4n) is 2.67. The second-order valence-electron chi connectivity index (χ2n) is 6.07. The third-order valence-corrected chi connectivity index (χ3v) is 5.28. The summed E-state index contributed by atoms with van der Waals surface area (Å²) in [6.45, 7) is 1.85. The van der Waals surface area contributed by atoms with Crippen LogP contribution in [-0.4, -0.2) is 20.7 Å². The minimum Gasteiger partial charge on any atom is -0.306 e. The SMILES string of the molecule is Cc1cc(NC(=O)c2cccc(Br)c2)n(-c2nc(-c3ccc(F)cc3)cs2)n1. The number of rotatable bonds is 4. The van der Waals surface area contributed by atoms with Crippen molar-refractivity contribution in [3.05, 3.63) is 81.5 Å². The van der Waals surface area contributed by atoms with Gasteiger partial charge in [-0.05, 0) is 49.4 Å². The zero-order valence-electron chi connectivity index (χ0n) is 14.7. The van der Waals surface area contributed by atoms with Crippen LogP contribution in [0.25, 0.3) is 16.4 Å². The van der Waals surface area contributed by atoms with Crippen LogP contribution in [0.15, 0.2) is 64.5 Å². The quantitative estimate of drug-likeness (QED) is 0.443. The van der Waals surface area contributed by atoms with Crippen LogP contribution in [0.5, 0.6) is 0 Å². The molecule has 0 aliphatic rings. The highest BCUT2D eigenvalue weighted by Crippen LogP contribution is 2.27. The number of aryl methyl sites for hydroxylation is 1. The van der Waals surface area contributed by atoms with E-state index >= 15 is 0 Å². The molecular weight excluding hydrogens is 443 g/mol. The monoisotopic (exact) mass is 456 g/mol. The molecule has 0 unspecified atom stereocenters. The number of amides is 1. The Labute approximate surface area is 173 Å². The minimum atomic E-state index is -0.292. The van der Waals surface area contributed by atoms with Crippen LogP contribution < -0.4 is 5.32 Å². The molecule has 1 N–H and O–H groups in total. The maximum absolute atomic E-state index is 13.1. The van der Waals surface area contributed by atoms with E-state index in [-0.39, 0.29) is 11.7 Å². The number of hydrogen-bond acceptors (Lipinski definition) is 4. The van der Waals surface area contributed by atoms with Gasteiger partial charge in [-0.15, -0.1) is 11.3 Å². The number of aromatic nitrogens is 3. The summed E-state index contributed by atoms with van der Waals surface area (Å²) in [4.78, 5) is 17.2. The number of anilines is 1. The Bertz CT molecular complexity index is 1150. The molecule has 0 atom stereocenters. The highest BCUT2D eigenvalue weighted by molar-refractivity contribution is 9.10. The van der Waals surface area contributed by atoms with E-state index in [1.54, 1.807) is 41.1 Å². The minimum absolute atomic E-state index is 0.238. The molecule has 8 heteroatoms. The Kier molecular flexibility index (Phi) is 5.06. The average Bonchev–Trinajstić information content (AvgIpc) is 3.29. The molecule has 0 aliphatic carbocycles. The zero-order chi connectivity index (χ0) is 19.7. The maximum Gasteiger partial charge on any atom is 0.256 e. The van der Waals surface area contributed by atoms with Crippen molar-refractivity contribution >= 4 is 39.0 Å². The van der Waals surface area contributed by atoms with Gasteiger partial charge in [-0.25, -0.2) is 9.37 Å². The first-order valence-corrected chi connectivity index (χ1v) is 10.0. The van der Waals surface area contributed by atoms with Gasteiger partial charge in [-0.3, -0.25) is 4.79 Å². The fourth-order valence-corrected chi connectivity index (χ4v) is 3.86. The van der Waals surface area contributed by atoms with Crippen molar-refractivity contribution in [3.63, 3.8) is 0 Å². The van der Waals surface area contributed by atoms with Gasteiger partial charge in [-0.1, -0.05) is 22.0 Å². The molecule has 0 spiro atoms. The lowest BCUT2D eigenvalue weighted by Crippen LogP contribution is -2.15. The van der Waals surface area contributed by atoms with Crippen molar-refractivity contribution in [1.82, 2.24) is 14.8 Å². The largest absolute Gasteiger partial charge is 0.306 e. The lowest BCUT2D eigenvalue weighted by atomic mass is 10.2. The predicted octanol–water partition coefficient (Wildman–Crippen LogP) is 5.46.